The molecule has 1 atom stereocenters. The van der Waals surface area contributed by atoms with E-state index in [1.807, 2.05) is 0 Å². The SMILES string of the molecule is FC(F)(F)CC(Nc1cnc(Cl)c(Br)c1)c1ccccc1. The highest BCUT2D eigenvalue weighted by molar-refractivity contribution is 9.10. The zero-order chi connectivity index (χ0) is 15.5. The highest BCUT2D eigenvalue weighted by Crippen LogP contribution is 2.33. The zero-order valence-corrected chi connectivity index (χ0v) is 13.0. The van der Waals surface area contributed by atoms with Crippen LogP contribution < -0.4 is 5.32 Å². The second-order valence-electron chi connectivity index (χ2n) is 4.42. The summed E-state index contributed by atoms with van der Waals surface area (Å²) in [5.74, 6) is 0. The summed E-state index contributed by atoms with van der Waals surface area (Å²) in [6.45, 7) is 0. The van der Waals surface area contributed by atoms with Gasteiger partial charge in [0.05, 0.1) is 28.8 Å². The molecule has 0 aliphatic heterocycles. The second-order valence-corrected chi connectivity index (χ2v) is 5.64. The van der Waals surface area contributed by atoms with Crippen LogP contribution in [-0.4, -0.2) is 11.2 Å². The fourth-order valence-corrected chi connectivity index (χ4v) is 2.32. The van der Waals surface area contributed by atoms with Crippen molar-refractivity contribution in [2.45, 2.75) is 18.6 Å². The summed E-state index contributed by atoms with van der Waals surface area (Å²) in [7, 11) is 0. The number of halogens is 5. The van der Waals surface area contributed by atoms with Crippen LogP contribution in [0.5, 0.6) is 0 Å². The zero-order valence-electron chi connectivity index (χ0n) is 10.7. The number of anilines is 1. The van der Waals surface area contributed by atoms with Gasteiger partial charge >= 0.3 is 6.18 Å². The lowest BCUT2D eigenvalue weighted by molar-refractivity contribution is -0.137. The maximum atomic E-state index is 12.8. The van der Waals surface area contributed by atoms with E-state index in [1.54, 1.807) is 36.4 Å². The third-order valence-electron chi connectivity index (χ3n) is 2.77. The summed E-state index contributed by atoms with van der Waals surface area (Å²) < 4.78 is 38.8. The lowest BCUT2D eigenvalue weighted by atomic mass is 10.0. The molecule has 2 nitrogen and oxygen atoms in total. The number of pyridine rings is 1. The Bertz CT molecular complexity index is 605. The number of hydrogen-bond donors (Lipinski definition) is 1. The fraction of sp³-hybridized carbons (Fsp3) is 0.214. The van der Waals surface area contributed by atoms with Crippen LogP contribution in [0, 0.1) is 0 Å². The predicted octanol–water partition coefficient (Wildman–Crippen LogP) is 5.60. The molecule has 0 saturated carbocycles. The monoisotopic (exact) mass is 378 g/mol. The van der Waals surface area contributed by atoms with Gasteiger partial charge in [-0.25, -0.2) is 4.98 Å². The van der Waals surface area contributed by atoms with E-state index in [1.165, 1.54) is 6.20 Å². The lowest BCUT2D eigenvalue weighted by Gasteiger charge is -2.22. The summed E-state index contributed by atoms with van der Waals surface area (Å²) in [6.07, 6.45) is -3.85. The molecule has 0 fully saturated rings. The fourth-order valence-electron chi connectivity index (χ4n) is 1.87. The van der Waals surface area contributed by atoms with Gasteiger partial charge in [-0.1, -0.05) is 41.9 Å². The van der Waals surface area contributed by atoms with E-state index in [0.29, 0.717) is 15.7 Å². The smallest absolute Gasteiger partial charge is 0.377 e. The quantitative estimate of drug-likeness (QED) is 0.699. The maximum Gasteiger partial charge on any atom is 0.391 e. The Balaban J connectivity index is 2.25. The summed E-state index contributed by atoms with van der Waals surface area (Å²) in [5, 5.41) is 3.11. The molecule has 2 rings (SSSR count). The van der Waals surface area contributed by atoms with Gasteiger partial charge in [-0.15, -0.1) is 0 Å². The standard InChI is InChI=1S/C14H11BrClF3N2/c15-11-6-10(8-20-13(11)16)21-12(7-14(17,18)19)9-4-2-1-3-5-9/h1-6,8,12,21H,7H2. The molecule has 0 saturated heterocycles. The van der Waals surface area contributed by atoms with Crippen molar-refractivity contribution >= 4 is 33.2 Å². The van der Waals surface area contributed by atoms with Crippen molar-refractivity contribution in [3.8, 4) is 0 Å². The third-order valence-corrected chi connectivity index (χ3v) is 3.91. The van der Waals surface area contributed by atoms with Gasteiger partial charge in [0.15, 0.2) is 0 Å². The molecule has 1 heterocycles. The second kappa shape index (κ2) is 6.66. The highest BCUT2D eigenvalue weighted by Gasteiger charge is 2.32. The van der Waals surface area contributed by atoms with Crippen molar-refractivity contribution in [1.29, 1.82) is 0 Å². The first-order valence-electron chi connectivity index (χ1n) is 6.04. The van der Waals surface area contributed by atoms with Crippen molar-refractivity contribution in [3.05, 3.63) is 57.8 Å². The molecule has 0 spiro atoms. The van der Waals surface area contributed by atoms with Gasteiger partial charge in [-0.2, -0.15) is 13.2 Å². The Morgan fingerprint density at radius 3 is 2.48 bits per heavy atom. The first kappa shape index (κ1) is 16.1. The minimum Gasteiger partial charge on any atom is -0.377 e. The van der Waals surface area contributed by atoms with Gasteiger partial charge in [-0.05, 0) is 27.6 Å². The highest BCUT2D eigenvalue weighted by atomic mass is 79.9. The van der Waals surface area contributed by atoms with Gasteiger partial charge in [0, 0.05) is 0 Å². The minimum absolute atomic E-state index is 0.257. The van der Waals surface area contributed by atoms with Crippen molar-refractivity contribution in [3.63, 3.8) is 0 Å². The van der Waals surface area contributed by atoms with E-state index >= 15 is 0 Å². The first-order valence-corrected chi connectivity index (χ1v) is 7.21. The van der Waals surface area contributed by atoms with Gasteiger partial charge in [0.25, 0.3) is 0 Å². The van der Waals surface area contributed by atoms with Crippen LogP contribution >= 0.6 is 27.5 Å². The number of hydrogen-bond acceptors (Lipinski definition) is 2. The number of alkyl halides is 3. The Labute approximate surface area is 133 Å². The maximum absolute atomic E-state index is 12.8. The third kappa shape index (κ3) is 4.89. The van der Waals surface area contributed by atoms with Crippen LogP contribution in [-0.2, 0) is 0 Å². The van der Waals surface area contributed by atoms with Crippen LogP contribution in [0.1, 0.15) is 18.0 Å². The van der Waals surface area contributed by atoms with E-state index in [-0.39, 0.29) is 5.15 Å². The molecule has 1 unspecified atom stereocenters. The molecule has 0 radical (unpaired) electrons. The van der Waals surface area contributed by atoms with Crippen LogP contribution in [0.15, 0.2) is 47.1 Å². The predicted molar refractivity (Wildman–Crippen MR) is 80.4 cm³/mol. The molecule has 0 aliphatic carbocycles. The Morgan fingerprint density at radius 1 is 1.24 bits per heavy atom. The number of aromatic nitrogens is 1. The molecule has 7 heteroatoms. The largest absolute Gasteiger partial charge is 0.391 e. The Morgan fingerprint density at radius 2 is 1.90 bits per heavy atom. The number of nitrogens with zero attached hydrogens (tertiary/aromatic N) is 1. The summed E-state index contributed by atoms with van der Waals surface area (Å²) in [4.78, 5) is 3.90. The summed E-state index contributed by atoms with van der Waals surface area (Å²) in [6, 6.07) is 9.19. The van der Waals surface area contributed by atoms with Crippen molar-refractivity contribution in [1.82, 2.24) is 4.98 Å². The Hall–Kier alpha value is -1.27. The van der Waals surface area contributed by atoms with Gasteiger partial charge in [0.2, 0.25) is 0 Å². The lowest BCUT2D eigenvalue weighted by Crippen LogP contribution is -2.20. The van der Waals surface area contributed by atoms with Gasteiger partial charge < -0.3 is 5.32 Å². The first-order chi connectivity index (χ1) is 9.85. The number of nitrogens with one attached hydrogen (secondary N) is 1. The molecule has 2 aromatic rings. The minimum atomic E-state index is -4.27. The molecule has 0 aliphatic rings. The van der Waals surface area contributed by atoms with Crippen molar-refractivity contribution in [2.24, 2.45) is 0 Å². The summed E-state index contributed by atoms with van der Waals surface area (Å²) >= 11 is 8.97. The molecular weight excluding hydrogens is 369 g/mol. The van der Waals surface area contributed by atoms with Crippen molar-refractivity contribution < 1.29 is 13.2 Å². The van der Waals surface area contributed by atoms with E-state index in [2.05, 4.69) is 26.2 Å². The molecule has 112 valence electrons. The van der Waals surface area contributed by atoms with Crippen molar-refractivity contribution in [2.75, 3.05) is 5.32 Å². The average Bonchev–Trinajstić information content (AvgIpc) is 2.42. The van der Waals surface area contributed by atoms with Crippen LogP contribution in [0.4, 0.5) is 18.9 Å². The molecular formula is C14H11BrClF3N2. The van der Waals surface area contributed by atoms with Crippen LogP contribution in [0.25, 0.3) is 0 Å². The number of benzene rings is 1. The van der Waals surface area contributed by atoms with Crippen LogP contribution in [0.3, 0.4) is 0 Å². The molecule has 1 N–H and O–H groups in total. The molecule has 21 heavy (non-hydrogen) atoms. The van der Waals surface area contributed by atoms with Crippen LogP contribution in [0.2, 0.25) is 5.15 Å². The Kier molecular flexibility index (Phi) is 5.11. The normalized spacial score (nSPS) is 13.0. The molecule has 0 amide bonds. The average molecular weight is 380 g/mol. The molecule has 1 aromatic carbocycles. The van der Waals surface area contributed by atoms with Gasteiger partial charge in [0.1, 0.15) is 5.15 Å². The topological polar surface area (TPSA) is 24.9 Å². The van der Waals surface area contributed by atoms with E-state index in [9.17, 15) is 13.2 Å². The number of rotatable bonds is 4. The molecule has 1 aromatic heterocycles. The van der Waals surface area contributed by atoms with Gasteiger partial charge in [-0.3, -0.25) is 0 Å². The molecule has 0 bridgehead atoms. The van der Waals surface area contributed by atoms with E-state index in [4.69, 9.17) is 11.6 Å². The summed E-state index contributed by atoms with van der Waals surface area (Å²) in [5.41, 5.74) is 1.02. The van der Waals surface area contributed by atoms with E-state index in [0.717, 1.165) is 0 Å². The van der Waals surface area contributed by atoms with E-state index < -0.39 is 18.6 Å².